The quantitative estimate of drug-likeness (QED) is 0.371. The van der Waals surface area contributed by atoms with Crippen LogP contribution in [-0.2, 0) is 22.7 Å². The number of amides is 4. The van der Waals surface area contributed by atoms with Crippen molar-refractivity contribution in [2.75, 3.05) is 0 Å². The third kappa shape index (κ3) is 4.76. The average Bonchev–Trinajstić information content (AvgIpc) is 3.28. The molecular weight excluding hydrogens is 500 g/mol. The van der Waals surface area contributed by atoms with E-state index in [1.807, 2.05) is 18.2 Å². The molecule has 0 aliphatic carbocycles. The zero-order chi connectivity index (χ0) is 22.7. The summed E-state index contributed by atoms with van der Waals surface area (Å²) in [5, 5.41) is 2.79. The molecule has 1 fully saturated rings. The number of hydrogen-bond donors (Lipinski definition) is 1. The van der Waals surface area contributed by atoms with Crippen LogP contribution in [0, 0.1) is 0 Å². The number of rotatable bonds is 6. The number of urea groups is 1. The SMILES string of the molecule is O=C1NC(=O)N(Cc2ccco2)C(=O)/C1=C/c1ccc(OCc2ccccc2Cl)c(Br)c1. The Morgan fingerprint density at radius 1 is 1.09 bits per heavy atom. The van der Waals surface area contributed by atoms with Gasteiger partial charge in [-0.15, -0.1) is 0 Å². The zero-order valence-electron chi connectivity index (χ0n) is 16.5. The fourth-order valence-corrected chi connectivity index (χ4v) is 3.76. The number of nitrogens with zero attached hydrogens (tertiary/aromatic N) is 1. The van der Waals surface area contributed by atoms with Crippen molar-refractivity contribution in [1.82, 2.24) is 10.2 Å². The van der Waals surface area contributed by atoms with E-state index < -0.39 is 17.8 Å². The lowest BCUT2D eigenvalue weighted by atomic mass is 10.1. The molecule has 9 heteroatoms. The van der Waals surface area contributed by atoms with E-state index in [-0.39, 0.29) is 18.7 Å². The number of hydrogen-bond acceptors (Lipinski definition) is 5. The number of nitrogens with one attached hydrogen (secondary N) is 1. The van der Waals surface area contributed by atoms with E-state index in [9.17, 15) is 14.4 Å². The lowest BCUT2D eigenvalue weighted by molar-refractivity contribution is -0.130. The maximum absolute atomic E-state index is 12.8. The van der Waals surface area contributed by atoms with Gasteiger partial charge in [0.25, 0.3) is 11.8 Å². The highest BCUT2D eigenvalue weighted by molar-refractivity contribution is 9.10. The van der Waals surface area contributed by atoms with E-state index in [1.165, 1.54) is 12.3 Å². The van der Waals surface area contributed by atoms with Crippen molar-refractivity contribution in [3.63, 3.8) is 0 Å². The van der Waals surface area contributed by atoms with Crippen molar-refractivity contribution in [3.8, 4) is 5.75 Å². The first-order valence-corrected chi connectivity index (χ1v) is 10.7. The highest BCUT2D eigenvalue weighted by Gasteiger charge is 2.36. The summed E-state index contributed by atoms with van der Waals surface area (Å²) < 4.78 is 11.6. The number of furan rings is 1. The van der Waals surface area contributed by atoms with Gasteiger partial charge >= 0.3 is 6.03 Å². The topological polar surface area (TPSA) is 88.9 Å². The van der Waals surface area contributed by atoms with Crippen LogP contribution in [0.3, 0.4) is 0 Å². The van der Waals surface area contributed by atoms with Crippen LogP contribution in [-0.4, -0.2) is 22.7 Å². The maximum Gasteiger partial charge on any atom is 0.331 e. The molecule has 0 bridgehead atoms. The third-order valence-electron chi connectivity index (χ3n) is 4.69. The minimum atomic E-state index is -0.793. The summed E-state index contributed by atoms with van der Waals surface area (Å²) >= 11 is 9.60. The van der Waals surface area contributed by atoms with Crippen molar-refractivity contribution in [1.29, 1.82) is 0 Å². The molecule has 1 aliphatic heterocycles. The van der Waals surface area contributed by atoms with Gasteiger partial charge in [-0.05, 0) is 57.9 Å². The molecular formula is C23H16BrClN2O5. The summed E-state index contributed by atoms with van der Waals surface area (Å²) in [6, 6.07) is 15.0. The summed E-state index contributed by atoms with van der Waals surface area (Å²) in [4.78, 5) is 38.1. The predicted molar refractivity (Wildman–Crippen MR) is 121 cm³/mol. The first-order valence-electron chi connectivity index (χ1n) is 9.49. The van der Waals surface area contributed by atoms with Crippen molar-refractivity contribution in [2.24, 2.45) is 0 Å². The second kappa shape index (κ2) is 9.42. The molecule has 4 rings (SSSR count). The molecule has 0 radical (unpaired) electrons. The number of imide groups is 2. The van der Waals surface area contributed by atoms with Crippen LogP contribution in [0.1, 0.15) is 16.9 Å². The lowest BCUT2D eigenvalue weighted by Crippen LogP contribution is -2.53. The summed E-state index contributed by atoms with van der Waals surface area (Å²) in [7, 11) is 0. The number of barbiturate groups is 1. The molecule has 0 spiro atoms. The molecule has 1 aromatic heterocycles. The van der Waals surface area contributed by atoms with Crippen LogP contribution in [0.25, 0.3) is 6.08 Å². The third-order valence-corrected chi connectivity index (χ3v) is 5.68. The largest absolute Gasteiger partial charge is 0.488 e. The minimum absolute atomic E-state index is 0.0825. The molecule has 0 atom stereocenters. The molecule has 162 valence electrons. The second-order valence-corrected chi connectivity index (χ2v) is 8.12. The Kier molecular flexibility index (Phi) is 6.43. The Balaban J connectivity index is 1.52. The molecule has 1 saturated heterocycles. The van der Waals surface area contributed by atoms with E-state index in [0.29, 0.717) is 26.6 Å². The lowest BCUT2D eigenvalue weighted by Gasteiger charge is -2.25. The van der Waals surface area contributed by atoms with Gasteiger partial charge in [0.2, 0.25) is 0 Å². The Morgan fingerprint density at radius 3 is 2.62 bits per heavy atom. The molecule has 0 unspecified atom stereocenters. The number of ether oxygens (including phenoxy) is 1. The normalized spacial score (nSPS) is 15.2. The summed E-state index contributed by atoms with van der Waals surface area (Å²) in [6.45, 7) is 0.199. The fraction of sp³-hybridized carbons (Fsp3) is 0.0870. The summed E-state index contributed by atoms with van der Waals surface area (Å²) in [5.41, 5.74) is 1.26. The van der Waals surface area contributed by atoms with Gasteiger partial charge in [0.05, 0.1) is 17.3 Å². The van der Waals surface area contributed by atoms with Crippen LogP contribution >= 0.6 is 27.5 Å². The van der Waals surface area contributed by atoms with Gasteiger partial charge in [0, 0.05) is 10.6 Å². The summed E-state index contributed by atoms with van der Waals surface area (Å²) in [5.74, 6) is -0.470. The van der Waals surface area contributed by atoms with E-state index >= 15 is 0 Å². The molecule has 3 aromatic rings. The van der Waals surface area contributed by atoms with E-state index in [1.54, 1.807) is 36.4 Å². The standard InChI is InChI=1S/C23H16BrClN2O5/c24-18-11-14(7-8-20(18)32-13-15-4-1-2-6-19(15)25)10-17-21(28)26-23(30)27(22(17)29)12-16-5-3-9-31-16/h1-11H,12-13H2,(H,26,28,30)/b17-10+. The number of carbonyl (C=O) groups excluding carboxylic acids is 3. The van der Waals surface area contributed by atoms with Crippen molar-refractivity contribution in [3.05, 3.63) is 92.8 Å². The van der Waals surface area contributed by atoms with Crippen LogP contribution in [0.15, 0.2) is 75.3 Å². The van der Waals surface area contributed by atoms with Gasteiger partial charge in [0.15, 0.2) is 0 Å². The number of benzene rings is 2. The second-order valence-electron chi connectivity index (χ2n) is 6.86. The van der Waals surface area contributed by atoms with Gasteiger partial charge in [-0.1, -0.05) is 35.9 Å². The highest BCUT2D eigenvalue weighted by atomic mass is 79.9. The Hall–Kier alpha value is -3.36. The van der Waals surface area contributed by atoms with Gasteiger partial charge in [0.1, 0.15) is 23.7 Å². The number of carbonyl (C=O) groups is 3. The van der Waals surface area contributed by atoms with Gasteiger partial charge in [-0.25, -0.2) is 4.79 Å². The average molecular weight is 516 g/mol. The van der Waals surface area contributed by atoms with E-state index in [0.717, 1.165) is 10.5 Å². The monoisotopic (exact) mass is 514 g/mol. The Labute approximate surface area is 196 Å². The van der Waals surface area contributed by atoms with Crippen LogP contribution < -0.4 is 10.1 Å². The minimum Gasteiger partial charge on any atom is -0.488 e. The van der Waals surface area contributed by atoms with Crippen LogP contribution in [0.4, 0.5) is 4.79 Å². The molecule has 1 N–H and O–H groups in total. The zero-order valence-corrected chi connectivity index (χ0v) is 18.9. The van der Waals surface area contributed by atoms with Crippen LogP contribution in [0.2, 0.25) is 5.02 Å². The smallest absolute Gasteiger partial charge is 0.331 e. The van der Waals surface area contributed by atoms with Gasteiger partial charge < -0.3 is 9.15 Å². The molecule has 2 heterocycles. The van der Waals surface area contributed by atoms with Gasteiger partial charge in [-0.2, -0.15) is 0 Å². The Bertz CT molecular complexity index is 1220. The highest BCUT2D eigenvalue weighted by Crippen LogP contribution is 2.29. The molecule has 2 aromatic carbocycles. The van der Waals surface area contributed by atoms with Gasteiger partial charge in [-0.3, -0.25) is 19.8 Å². The fourth-order valence-electron chi connectivity index (χ4n) is 3.06. The molecule has 7 nitrogen and oxygen atoms in total. The molecule has 1 aliphatic rings. The maximum atomic E-state index is 12.8. The van der Waals surface area contributed by atoms with E-state index in [2.05, 4.69) is 21.2 Å². The van der Waals surface area contributed by atoms with Crippen LogP contribution in [0.5, 0.6) is 5.75 Å². The van der Waals surface area contributed by atoms with Crippen molar-refractivity contribution in [2.45, 2.75) is 13.2 Å². The predicted octanol–water partition coefficient (Wildman–Crippen LogP) is 4.94. The summed E-state index contributed by atoms with van der Waals surface area (Å²) in [6.07, 6.45) is 2.86. The first-order chi connectivity index (χ1) is 15.4. The number of halogens is 2. The molecule has 0 saturated carbocycles. The van der Waals surface area contributed by atoms with Crippen molar-refractivity contribution >= 4 is 51.5 Å². The molecule has 32 heavy (non-hydrogen) atoms. The Morgan fingerprint density at radius 2 is 1.91 bits per heavy atom. The molecule has 4 amide bonds. The van der Waals surface area contributed by atoms with E-state index in [4.69, 9.17) is 20.8 Å². The first kappa shape index (κ1) is 21.9. The van der Waals surface area contributed by atoms with Crippen molar-refractivity contribution < 1.29 is 23.5 Å².